The Hall–Kier alpha value is -2.04. The predicted octanol–water partition coefficient (Wildman–Crippen LogP) is 4.93. The molecular formula is C16H12Cl2N2O2. The minimum atomic E-state index is 0.140. The molecule has 0 amide bonds. The molecule has 0 aliphatic carbocycles. The molecule has 1 heterocycles. The van der Waals surface area contributed by atoms with Crippen molar-refractivity contribution in [1.82, 2.24) is 10.1 Å². The van der Waals surface area contributed by atoms with E-state index in [2.05, 4.69) is 10.1 Å². The number of nitrogens with zero attached hydrogens (tertiary/aromatic N) is 2. The van der Waals surface area contributed by atoms with E-state index in [9.17, 15) is 0 Å². The highest BCUT2D eigenvalue weighted by molar-refractivity contribution is 6.33. The first-order valence-corrected chi connectivity index (χ1v) is 7.35. The first kappa shape index (κ1) is 14.9. The summed E-state index contributed by atoms with van der Waals surface area (Å²) in [6.45, 7) is 2.10. The van der Waals surface area contributed by atoms with E-state index in [1.165, 1.54) is 0 Å². The number of hydrogen-bond acceptors (Lipinski definition) is 4. The fraction of sp³-hybridized carbons (Fsp3) is 0.125. The molecule has 4 nitrogen and oxygen atoms in total. The van der Waals surface area contributed by atoms with Crippen LogP contribution in [0.3, 0.4) is 0 Å². The quantitative estimate of drug-likeness (QED) is 0.678. The third-order valence-corrected chi connectivity index (χ3v) is 3.66. The normalized spacial score (nSPS) is 10.7. The van der Waals surface area contributed by atoms with Crippen LogP contribution in [0.15, 0.2) is 47.0 Å². The Bertz CT molecular complexity index is 802. The lowest BCUT2D eigenvalue weighted by molar-refractivity contribution is 0.243. The van der Waals surface area contributed by atoms with Gasteiger partial charge in [-0.3, -0.25) is 0 Å². The lowest BCUT2D eigenvalue weighted by atomic mass is 10.2. The Morgan fingerprint density at radius 1 is 1.09 bits per heavy atom. The highest BCUT2D eigenvalue weighted by atomic mass is 35.5. The van der Waals surface area contributed by atoms with Gasteiger partial charge in [0.25, 0.3) is 5.89 Å². The second-order valence-electron chi connectivity index (χ2n) is 4.71. The lowest BCUT2D eigenvalue weighted by Crippen LogP contribution is -1.96. The molecule has 1 aromatic heterocycles. The molecule has 6 heteroatoms. The van der Waals surface area contributed by atoms with Crippen molar-refractivity contribution in [1.29, 1.82) is 0 Å². The van der Waals surface area contributed by atoms with E-state index in [0.29, 0.717) is 33.1 Å². The minimum Gasteiger partial charge on any atom is -0.482 e. The van der Waals surface area contributed by atoms with Crippen LogP contribution in [0.2, 0.25) is 10.0 Å². The summed E-state index contributed by atoms with van der Waals surface area (Å²) in [5, 5.41) is 5.02. The van der Waals surface area contributed by atoms with Crippen molar-refractivity contribution < 1.29 is 9.26 Å². The summed E-state index contributed by atoms with van der Waals surface area (Å²) in [6.07, 6.45) is 0. The highest BCUT2D eigenvalue weighted by Gasteiger charge is 2.12. The van der Waals surface area contributed by atoms with Crippen molar-refractivity contribution in [3.05, 3.63) is 64.0 Å². The van der Waals surface area contributed by atoms with Crippen molar-refractivity contribution in [2.24, 2.45) is 0 Å². The zero-order valence-corrected chi connectivity index (χ0v) is 13.2. The standard InChI is InChI=1S/C16H12Cl2N2O2/c1-10-6-7-13(18)14(8-10)21-9-15-19-16(20-22-15)11-4-2-3-5-12(11)17/h2-8H,9H2,1H3. The molecule has 0 saturated carbocycles. The third-order valence-electron chi connectivity index (χ3n) is 3.02. The molecule has 0 aliphatic heterocycles. The first-order valence-electron chi connectivity index (χ1n) is 6.60. The van der Waals surface area contributed by atoms with E-state index in [0.717, 1.165) is 5.56 Å². The van der Waals surface area contributed by atoms with Crippen molar-refractivity contribution in [2.45, 2.75) is 13.5 Å². The molecule has 0 N–H and O–H groups in total. The van der Waals surface area contributed by atoms with Gasteiger partial charge in [0, 0.05) is 5.56 Å². The molecule has 0 atom stereocenters. The largest absolute Gasteiger partial charge is 0.482 e. The maximum absolute atomic E-state index is 6.11. The molecule has 3 aromatic rings. The molecule has 0 radical (unpaired) electrons. The predicted molar refractivity (Wildman–Crippen MR) is 85.3 cm³/mol. The molecule has 0 bridgehead atoms. The van der Waals surface area contributed by atoms with Crippen LogP contribution in [0, 0.1) is 6.92 Å². The molecule has 0 spiro atoms. The average molecular weight is 335 g/mol. The van der Waals surface area contributed by atoms with Crippen LogP contribution in [-0.2, 0) is 6.61 Å². The van der Waals surface area contributed by atoms with Crippen molar-refractivity contribution in [3.8, 4) is 17.1 Å². The van der Waals surface area contributed by atoms with Crippen LogP contribution in [0.5, 0.6) is 5.75 Å². The highest BCUT2D eigenvalue weighted by Crippen LogP contribution is 2.27. The lowest BCUT2D eigenvalue weighted by Gasteiger charge is -2.06. The Kier molecular flexibility index (Phi) is 4.32. The fourth-order valence-corrected chi connectivity index (χ4v) is 2.32. The number of ether oxygens (including phenoxy) is 1. The van der Waals surface area contributed by atoms with Crippen molar-refractivity contribution >= 4 is 23.2 Å². The van der Waals surface area contributed by atoms with Crippen LogP contribution in [0.25, 0.3) is 11.4 Å². The molecule has 112 valence electrons. The van der Waals surface area contributed by atoms with Crippen LogP contribution in [0.4, 0.5) is 0 Å². The maximum atomic E-state index is 6.11. The molecule has 3 rings (SSSR count). The van der Waals surface area contributed by atoms with E-state index < -0.39 is 0 Å². The van der Waals surface area contributed by atoms with Crippen LogP contribution in [-0.4, -0.2) is 10.1 Å². The van der Waals surface area contributed by atoms with Gasteiger partial charge < -0.3 is 9.26 Å². The fourth-order valence-electron chi connectivity index (χ4n) is 1.93. The number of halogens is 2. The van der Waals surface area contributed by atoms with Gasteiger partial charge in [-0.1, -0.05) is 46.6 Å². The van der Waals surface area contributed by atoms with Gasteiger partial charge in [0.05, 0.1) is 10.0 Å². The summed E-state index contributed by atoms with van der Waals surface area (Å²) in [5.41, 5.74) is 1.77. The average Bonchev–Trinajstić information content (AvgIpc) is 2.97. The van der Waals surface area contributed by atoms with E-state index >= 15 is 0 Å². The number of rotatable bonds is 4. The minimum absolute atomic E-state index is 0.140. The monoisotopic (exact) mass is 334 g/mol. The molecular weight excluding hydrogens is 323 g/mol. The van der Waals surface area contributed by atoms with Gasteiger partial charge in [0.15, 0.2) is 6.61 Å². The van der Waals surface area contributed by atoms with E-state index in [1.807, 2.05) is 37.3 Å². The van der Waals surface area contributed by atoms with Crippen molar-refractivity contribution in [3.63, 3.8) is 0 Å². The number of aromatic nitrogens is 2. The summed E-state index contributed by atoms with van der Waals surface area (Å²) >= 11 is 12.2. The van der Waals surface area contributed by atoms with Gasteiger partial charge >= 0.3 is 0 Å². The van der Waals surface area contributed by atoms with Gasteiger partial charge in [-0.2, -0.15) is 4.98 Å². The summed E-state index contributed by atoms with van der Waals surface area (Å²) < 4.78 is 10.8. The van der Waals surface area contributed by atoms with Gasteiger partial charge in [-0.05, 0) is 36.8 Å². The van der Waals surface area contributed by atoms with E-state index in [4.69, 9.17) is 32.5 Å². The molecule has 0 unspecified atom stereocenters. The van der Waals surface area contributed by atoms with Gasteiger partial charge in [-0.25, -0.2) is 0 Å². The summed E-state index contributed by atoms with van der Waals surface area (Å²) in [6, 6.07) is 12.9. The molecule has 0 aliphatic rings. The second kappa shape index (κ2) is 6.38. The molecule has 0 fully saturated rings. The summed E-state index contributed by atoms with van der Waals surface area (Å²) in [5.74, 6) is 1.37. The van der Waals surface area contributed by atoms with Gasteiger partial charge in [0.2, 0.25) is 5.82 Å². The number of hydrogen-bond donors (Lipinski definition) is 0. The Labute approximate surface area is 137 Å². The van der Waals surface area contributed by atoms with Gasteiger partial charge in [0.1, 0.15) is 5.75 Å². The van der Waals surface area contributed by atoms with E-state index in [1.54, 1.807) is 12.1 Å². The zero-order valence-electron chi connectivity index (χ0n) is 11.7. The number of benzene rings is 2. The zero-order chi connectivity index (χ0) is 15.5. The molecule has 2 aromatic carbocycles. The topological polar surface area (TPSA) is 48.2 Å². The third kappa shape index (κ3) is 3.24. The second-order valence-corrected chi connectivity index (χ2v) is 5.53. The Balaban J connectivity index is 1.75. The van der Waals surface area contributed by atoms with Gasteiger partial charge in [-0.15, -0.1) is 0 Å². The number of aryl methyl sites for hydroxylation is 1. The Morgan fingerprint density at radius 2 is 1.91 bits per heavy atom. The maximum Gasteiger partial charge on any atom is 0.264 e. The molecule has 0 saturated heterocycles. The smallest absolute Gasteiger partial charge is 0.264 e. The summed E-state index contributed by atoms with van der Waals surface area (Å²) in [4.78, 5) is 4.28. The van der Waals surface area contributed by atoms with Crippen LogP contribution in [0.1, 0.15) is 11.5 Å². The van der Waals surface area contributed by atoms with Crippen molar-refractivity contribution in [2.75, 3.05) is 0 Å². The first-order chi connectivity index (χ1) is 10.6. The van der Waals surface area contributed by atoms with Crippen LogP contribution >= 0.6 is 23.2 Å². The Morgan fingerprint density at radius 3 is 2.73 bits per heavy atom. The SMILES string of the molecule is Cc1ccc(Cl)c(OCc2nc(-c3ccccc3Cl)no2)c1. The summed E-state index contributed by atoms with van der Waals surface area (Å²) in [7, 11) is 0. The van der Waals surface area contributed by atoms with E-state index in [-0.39, 0.29) is 6.61 Å². The molecule has 22 heavy (non-hydrogen) atoms. The van der Waals surface area contributed by atoms with Crippen LogP contribution < -0.4 is 4.74 Å².